The summed E-state index contributed by atoms with van der Waals surface area (Å²) in [6.07, 6.45) is 7.29. The summed E-state index contributed by atoms with van der Waals surface area (Å²) in [7, 11) is 1.69. The molecule has 0 bridgehead atoms. The second kappa shape index (κ2) is 14.1. The summed E-state index contributed by atoms with van der Waals surface area (Å²) < 4.78 is 17.2. The molecular weight excluding hydrogens is 493 g/mol. The van der Waals surface area contributed by atoms with Crippen LogP contribution in [0.3, 0.4) is 0 Å². The Morgan fingerprint density at radius 1 is 1.17 bits per heavy atom. The molecule has 30 heavy (non-hydrogen) atoms. The predicted molar refractivity (Wildman–Crippen MR) is 132 cm³/mol. The van der Waals surface area contributed by atoms with Crippen LogP contribution in [0.2, 0.25) is 0 Å². The first-order valence-corrected chi connectivity index (χ1v) is 11.2. The summed E-state index contributed by atoms with van der Waals surface area (Å²) in [5.41, 5.74) is 1.28. The van der Waals surface area contributed by atoms with Crippen LogP contribution in [-0.4, -0.2) is 69.6 Å². The van der Waals surface area contributed by atoms with E-state index < -0.39 is 0 Å². The number of benzene rings is 1. The van der Waals surface area contributed by atoms with Crippen molar-refractivity contribution >= 4 is 29.9 Å². The Hall–Kier alpha value is -1.06. The molecule has 0 spiro atoms. The van der Waals surface area contributed by atoms with E-state index in [1.165, 1.54) is 18.4 Å². The lowest BCUT2D eigenvalue weighted by atomic mass is 10.1. The van der Waals surface area contributed by atoms with E-state index in [4.69, 9.17) is 19.2 Å². The van der Waals surface area contributed by atoms with E-state index in [1.807, 2.05) is 12.1 Å². The number of halogens is 1. The molecule has 0 radical (unpaired) electrons. The van der Waals surface area contributed by atoms with Crippen LogP contribution in [0.25, 0.3) is 0 Å². The molecule has 6 nitrogen and oxygen atoms in total. The van der Waals surface area contributed by atoms with Crippen molar-refractivity contribution in [1.29, 1.82) is 0 Å². The molecule has 1 atom stereocenters. The lowest BCUT2D eigenvalue weighted by molar-refractivity contribution is -0.0721. The molecule has 0 aliphatic carbocycles. The molecule has 3 rings (SSSR count). The molecule has 0 aromatic heterocycles. The fourth-order valence-corrected chi connectivity index (χ4v) is 3.93. The first kappa shape index (κ1) is 25.2. The minimum Gasteiger partial charge on any atom is -0.497 e. The third-order valence-electron chi connectivity index (χ3n) is 5.69. The monoisotopic (exact) mass is 531 g/mol. The maximum atomic E-state index is 6.15. The van der Waals surface area contributed by atoms with Gasteiger partial charge in [0.25, 0.3) is 0 Å². The molecule has 170 valence electrons. The van der Waals surface area contributed by atoms with E-state index in [-0.39, 0.29) is 24.0 Å². The third kappa shape index (κ3) is 8.23. The van der Waals surface area contributed by atoms with E-state index in [1.54, 1.807) is 7.11 Å². The number of methoxy groups -OCH3 is 1. The topological polar surface area (TPSA) is 55.3 Å². The average Bonchev–Trinajstić information content (AvgIpc) is 2.79. The number of hydrogen-bond acceptors (Lipinski definition) is 4. The maximum Gasteiger partial charge on any atom is 0.193 e. The number of piperidine rings is 1. The number of hydrogen-bond donors (Lipinski definition) is 1. The lowest BCUT2D eigenvalue weighted by Crippen LogP contribution is -2.47. The second-order valence-corrected chi connectivity index (χ2v) is 7.84. The minimum atomic E-state index is 0. The highest BCUT2D eigenvalue weighted by Gasteiger charge is 2.23. The molecular formula is C23H38IN3O3. The van der Waals surface area contributed by atoms with Crippen molar-refractivity contribution in [3.63, 3.8) is 0 Å². The highest BCUT2D eigenvalue weighted by Crippen LogP contribution is 2.18. The molecule has 1 aromatic rings. The zero-order valence-corrected chi connectivity index (χ0v) is 20.8. The Balaban J connectivity index is 0.00000320. The fraction of sp³-hybridized carbons (Fsp3) is 0.696. The average molecular weight is 531 g/mol. The van der Waals surface area contributed by atoms with Crippen LogP contribution in [0.1, 0.15) is 44.6 Å². The van der Waals surface area contributed by atoms with Crippen molar-refractivity contribution in [3.8, 4) is 5.75 Å². The van der Waals surface area contributed by atoms with Gasteiger partial charge in [-0.25, -0.2) is 0 Å². The molecule has 7 heteroatoms. The molecule has 1 unspecified atom stereocenters. The van der Waals surface area contributed by atoms with Crippen LogP contribution in [0, 0.1) is 0 Å². The third-order valence-corrected chi connectivity index (χ3v) is 5.69. The Bertz CT molecular complexity index is 613. The van der Waals surface area contributed by atoms with Gasteiger partial charge >= 0.3 is 0 Å². The SMILES string of the molecule is CCNC(=NCCc1ccc(OC)cc1)N1CCC(OCC2CCCCO2)CC1.I. The molecule has 2 heterocycles. The smallest absolute Gasteiger partial charge is 0.193 e. The molecule has 0 amide bonds. The minimum absolute atomic E-state index is 0. The number of aliphatic imine (C=N–C) groups is 1. The molecule has 2 fully saturated rings. The summed E-state index contributed by atoms with van der Waals surface area (Å²) in [6.45, 7) is 7.42. The highest BCUT2D eigenvalue weighted by atomic mass is 127. The molecule has 1 N–H and O–H groups in total. The van der Waals surface area contributed by atoms with E-state index in [0.717, 1.165) is 76.8 Å². The Labute approximate surface area is 198 Å². The van der Waals surface area contributed by atoms with Gasteiger partial charge in [-0.15, -0.1) is 24.0 Å². The van der Waals surface area contributed by atoms with Gasteiger partial charge in [-0.1, -0.05) is 12.1 Å². The van der Waals surface area contributed by atoms with E-state index in [9.17, 15) is 0 Å². The normalized spacial score (nSPS) is 20.5. The second-order valence-electron chi connectivity index (χ2n) is 7.84. The van der Waals surface area contributed by atoms with Gasteiger partial charge in [0.1, 0.15) is 5.75 Å². The van der Waals surface area contributed by atoms with Gasteiger partial charge < -0.3 is 24.4 Å². The van der Waals surface area contributed by atoms with Crippen molar-refractivity contribution in [1.82, 2.24) is 10.2 Å². The van der Waals surface area contributed by atoms with E-state index >= 15 is 0 Å². The number of nitrogens with zero attached hydrogens (tertiary/aromatic N) is 2. The van der Waals surface area contributed by atoms with Crippen molar-refractivity contribution in [3.05, 3.63) is 29.8 Å². The summed E-state index contributed by atoms with van der Waals surface area (Å²) in [5, 5.41) is 3.45. The van der Waals surface area contributed by atoms with Crippen molar-refractivity contribution < 1.29 is 14.2 Å². The number of rotatable bonds is 8. The zero-order valence-electron chi connectivity index (χ0n) is 18.5. The maximum absolute atomic E-state index is 6.15. The van der Waals surface area contributed by atoms with E-state index in [2.05, 4.69) is 29.3 Å². The number of likely N-dealkylation sites (tertiary alicyclic amines) is 1. The van der Waals surface area contributed by atoms with Gasteiger partial charge in [0.2, 0.25) is 0 Å². The van der Waals surface area contributed by atoms with Gasteiger partial charge in [-0.05, 0) is 63.1 Å². The quantitative estimate of drug-likeness (QED) is 0.314. The van der Waals surface area contributed by atoms with Crippen molar-refractivity contribution in [2.24, 2.45) is 4.99 Å². The Morgan fingerprint density at radius 3 is 2.57 bits per heavy atom. The summed E-state index contributed by atoms with van der Waals surface area (Å²) in [6, 6.07) is 8.24. The fourth-order valence-electron chi connectivity index (χ4n) is 3.93. The molecule has 2 saturated heterocycles. The number of nitrogens with one attached hydrogen (secondary N) is 1. The summed E-state index contributed by atoms with van der Waals surface area (Å²) in [5.74, 6) is 1.92. The van der Waals surface area contributed by atoms with Crippen LogP contribution in [-0.2, 0) is 15.9 Å². The molecule has 1 aromatic carbocycles. The van der Waals surface area contributed by atoms with Gasteiger partial charge in [0, 0.05) is 32.8 Å². The molecule has 2 aliphatic heterocycles. The standard InChI is InChI=1S/C23H37N3O3.HI/c1-3-24-23(25-14-11-19-7-9-20(27-2)10-8-19)26-15-12-21(13-16-26)29-18-22-6-4-5-17-28-22;/h7-10,21-22H,3-6,11-18H2,1-2H3,(H,24,25);1H. The van der Waals surface area contributed by atoms with E-state index in [0.29, 0.717) is 12.2 Å². The van der Waals surface area contributed by atoms with Crippen molar-refractivity contribution in [2.75, 3.05) is 46.5 Å². The zero-order chi connectivity index (χ0) is 20.3. The van der Waals surface area contributed by atoms with Crippen LogP contribution >= 0.6 is 24.0 Å². The van der Waals surface area contributed by atoms with Gasteiger partial charge in [0.15, 0.2) is 5.96 Å². The van der Waals surface area contributed by atoms with Crippen LogP contribution < -0.4 is 10.1 Å². The van der Waals surface area contributed by atoms with Crippen LogP contribution in [0.15, 0.2) is 29.3 Å². The number of guanidine groups is 1. The summed E-state index contributed by atoms with van der Waals surface area (Å²) >= 11 is 0. The van der Waals surface area contributed by atoms with Gasteiger partial charge in [0.05, 0.1) is 25.9 Å². The lowest BCUT2D eigenvalue weighted by Gasteiger charge is -2.35. The van der Waals surface area contributed by atoms with Crippen LogP contribution in [0.5, 0.6) is 5.75 Å². The highest BCUT2D eigenvalue weighted by molar-refractivity contribution is 14.0. The van der Waals surface area contributed by atoms with Gasteiger partial charge in [-0.3, -0.25) is 4.99 Å². The first-order chi connectivity index (χ1) is 14.3. The first-order valence-electron chi connectivity index (χ1n) is 11.2. The summed E-state index contributed by atoms with van der Waals surface area (Å²) in [4.78, 5) is 7.23. The Morgan fingerprint density at radius 2 is 1.93 bits per heavy atom. The Kier molecular flexibility index (Phi) is 11.8. The van der Waals surface area contributed by atoms with Crippen molar-refractivity contribution in [2.45, 2.75) is 57.7 Å². The largest absolute Gasteiger partial charge is 0.497 e. The van der Waals surface area contributed by atoms with Crippen LogP contribution in [0.4, 0.5) is 0 Å². The molecule has 2 aliphatic rings. The number of ether oxygens (including phenoxy) is 3. The predicted octanol–water partition coefficient (Wildman–Crippen LogP) is 3.87. The molecule has 0 saturated carbocycles. The van der Waals surface area contributed by atoms with Gasteiger partial charge in [-0.2, -0.15) is 0 Å².